The summed E-state index contributed by atoms with van der Waals surface area (Å²) in [6.07, 6.45) is -0.372. The maximum atomic E-state index is 12.3. The molecule has 7 nitrogen and oxygen atoms in total. The van der Waals surface area contributed by atoms with Crippen molar-refractivity contribution in [3.63, 3.8) is 0 Å². The lowest BCUT2D eigenvalue weighted by molar-refractivity contribution is 0.0689. The van der Waals surface area contributed by atoms with Crippen molar-refractivity contribution in [3.8, 4) is 0 Å². The summed E-state index contributed by atoms with van der Waals surface area (Å²) in [5.41, 5.74) is 1.57. The topological polar surface area (TPSA) is 102 Å². The molecule has 0 aliphatic rings. The van der Waals surface area contributed by atoms with E-state index in [1.807, 2.05) is 68.4 Å². The highest BCUT2D eigenvalue weighted by atomic mass is 79.9. The number of ether oxygens (including phenoxy) is 1. The standard InChI is InChI=1S/C23H23BrN2O5/c1-14(2)19(26-23(29)30-13-15-7-4-3-5-8-15)21-25-20(22(27)28)18(31-21)12-16-9-6-10-17(24)11-16/h3-11,14,19H,12-13H2,1-2H3,(H,26,29)(H,27,28)/t19-/m0/s1. The minimum Gasteiger partial charge on any atom is -0.476 e. The number of aromatic nitrogens is 1. The first-order valence-corrected chi connectivity index (χ1v) is 10.6. The van der Waals surface area contributed by atoms with Gasteiger partial charge in [-0.3, -0.25) is 0 Å². The van der Waals surface area contributed by atoms with Crippen LogP contribution in [0, 0.1) is 5.92 Å². The molecule has 0 spiro atoms. The first-order chi connectivity index (χ1) is 14.8. The Morgan fingerprint density at radius 2 is 1.84 bits per heavy atom. The number of carbonyl (C=O) groups excluding carboxylic acids is 1. The zero-order chi connectivity index (χ0) is 22.4. The number of alkyl carbamates (subject to hydrolysis) is 1. The van der Waals surface area contributed by atoms with Crippen molar-refractivity contribution in [2.45, 2.75) is 32.9 Å². The molecule has 31 heavy (non-hydrogen) atoms. The maximum absolute atomic E-state index is 12.3. The average Bonchev–Trinajstić information content (AvgIpc) is 3.14. The second-order valence-electron chi connectivity index (χ2n) is 7.36. The molecule has 0 unspecified atom stereocenters. The third-order valence-corrected chi connectivity index (χ3v) is 5.08. The summed E-state index contributed by atoms with van der Waals surface area (Å²) in [5, 5.41) is 12.3. The summed E-state index contributed by atoms with van der Waals surface area (Å²) in [6, 6.07) is 16.2. The predicted molar refractivity (Wildman–Crippen MR) is 118 cm³/mol. The van der Waals surface area contributed by atoms with Gasteiger partial charge in [0, 0.05) is 10.9 Å². The van der Waals surface area contributed by atoms with Gasteiger partial charge in [0.2, 0.25) is 5.89 Å². The Balaban J connectivity index is 1.77. The van der Waals surface area contributed by atoms with Gasteiger partial charge in [-0.1, -0.05) is 72.2 Å². The van der Waals surface area contributed by atoms with E-state index in [9.17, 15) is 14.7 Å². The van der Waals surface area contributed by atoms with Gasteiger partial charge in [-0.2, -0.15) is 0 Å². The Morgan fingerprint density at radius 1 is 1.13 bits per heavy atom. The quantitative estimate of drug-likeness (QED) is 0.444. The van der Waals surface area contributed by atoms with Gasteiger partial charge in [0.15, 0.2) is 5.69 Å². The van der Waals surface area contributed by atoms with Crippen LogP contribution in [0.15, 0.2) is 63.5 Å². The van der Waals surface area contributed by atoms with E-state index >= 15 is 0 Å². The second-order valence-corrected chi connectivity index (χ2v) is 8.28. The number of benzene rings is 2. The van der Waals surface area contributed by atoms with E-state index in [-0.39, 0.29) is 36.3 Å². The smallest absolute Gasteiger partial charge is 0.408 e. The van der Waals surface area contributed by atoms with Gasteiger partial charge >= 0.3 is 12.1 Å². The molecule has 1 heterocycles. The molecule has 1 amide bonds. The molecule has 1 aromatic heterocycles. The Morgan fingerprint density at radius 3 is 2.48 bits per heavy atom. The number of carboxylic acid groups (broad SMARTS) is 1. The van der Waals surface area contributed by atoms with Crippen LogP contribution in [0.4, 0.5) is 4.79 Å². The average molecular weight is 487 g/mol. The van der Waals surface area contributed by atoms with E-state index in [2.05, 4.69) is 26.2 Å². The number of halogens is 1. The summed E-state index contributed by atoms with van der Waals surface area (Å²) in [4.78, 5) is 28.2. The van der Waals surface area contributed by atoms with Crippen LogP contribution in [-0.4, -0.2) is 22.2 Å². The number of carbonyl (C=O) groups is 2. The lowest BCUT2D eigenvalue weighted by Crippen LogP contribution is -2.32. The van der Waals surface area contributed by atoms with Gasteiger partial charge in [0.25, 0.3) is 0 Å². The summed E-state index contributed by atoms with van der Waals surface area (Å²) >= 11 is 3.41. The number of rotatable bonds is 8. The minimum absolute atomic E-state index is 0.108. The number of hydrogen-bond donors (Lipinski definition) is 2. The van der Waals surface area contributed by atoms with Gasteiger partial charge in [0.1, 0.15) is 18.4 Å². The van der Waals surface area contributed by atoms with E-state index in [4.69, 9.17) is 9.15 Å². The van der Waals surface area contributed by atoms with Crippen LogP contribution in [0.1, 0.15) is 53.2 Å². The van der Waals surface area contributed by atoms with E-state index in [1.165, 1.54) is 0 Å². The number of hydrogen-bond acceptors (Lipinski definition) is 5. The Labute approximate surface area is 188 Å². The molecule has 3 aromatic rings. The van der Waals surface area contributed by atoms with Crippen LogP contribution < -0.4 is 5.32 Å². The molecule has 162 valence electrons. The Hall–Kier alpha value is -3.13. The van der Waals surface area contributed by atoms with Crippen molar-refractivity contribution in [2.75, 3.05) is 0 Å². The molecule has 0 radical (unpaired) electrons. The molecule has 0 aliphatic heterocycles. The molecule has 0 saturated heterocycles. The number of aromatic carboxylic acids is 1. The summed E-state index contributed by atoms with van der Waals surface area (Å²) < 4.78 is 12.0. The zero-order valence-corrected chi connectivity index (χ0v) is 18.8. The zero-order valence-electron chi connectivity index (χ0n) is 17.2. The van der Waals surface area contributed by atoms with Crippen LogP contribution in [0.25, 0.3) is 0 Å². The highest BCUT2D eigenvalue weighted by Gasteiger charge is 2.28. The lowest BCUT2D eigenvalue weighted by atomic mass is 10.1. The maximum Gasteiger partial charge on any atom is 0.408 e. The van der Waals surface area contributed by atoms with Crippen LogP contribution in [0.2, 0.25) is 0 Å². The third kappa shape index (κ3) is 6.18. The molecule has 2 N–H and O–H groups in total. The highest BCUT2D eigenvalue weighted by Crippen LogP contribution is 2.26. The normalized spacial score (nSPS) is 11.9. The second kappa shape index (κ2) is 10.3. The van der Waals surface area contributed by atoms with E-state index in [0.717, 1.165) is 15.6 Å². The van der Waals surface area contributed by atoms with Crippen LogP contribution in [-0.2, 0) is 17.8 Å². The first kappa shape index (κ1) is 22.6. The van der Waals surface area contributed by atoms with Gasteiger partial charge in [-0.15, -0.1) is 0 Å². The molecule has 8 heteroatoms. The number of carboxylic acids is 1. The number of amides is 1. The van der Waals surface area contributed by atoms with E-state index in [0.29, 0.717) is 0 Å². The van der Waals surface area contributed by atoms with Crippen molar-refractivity contribution in [2.24, 2.45) is 5.92 Å². The van der Waals surface area contributed by atoms with Crippen molar-refractivity contribution < 1.29 is 23.8 Å². The van der Waals surface area contributed by atoms with Crippen LogP contribution in [0.5, 0.6) is 0 Å². The van der Waals surface area contributed by atoms with Crippen molar-refractivity contribution >= 4 is 28.0 Å². The predicted octanol–water partition coefficient (Wildman–Crippen LogP) is 5.35. The highest BCUT2D eigenvalue weighted by molar-refractivity contribution is 9.10. The number of oxazole rings is 1. The minimum atomic E-state index is -1.19. The molecular weight excluding hydrogens is 464 g/mol. The largest absolute Gasteiger partial charge is 0.476 e. The molecule has 0 aliphatic carbocycles. The molecule has 3 rings (SSSR count). The summed E-state index contributed by atoms with van der Waals surface area (Å²) in [5.74, 6) is -0.933. The molecule has 0 bridgehead atoms. The van der Waals surface area contributed by atoms with E-state index in [1.54, 1.807) is 0 Å². The number of nitrogens with zero attached hydrogens (tertiary/aromatic N) is 1. The van der Waals surface area contributed by atoms with Crippen molar-refractivity contribution in [1.29, 1.82) is 0 Å². The fourth-order valence-corrected chi connectivity index (χ4v) is 3.47. The van der Waals surface area contributed by atoms with Crippen LogP contribution >= 0.6 is 15.9 Å². The van der Waals surface area contributed by atoms with Gasteiger partial charge in [-0.25, -0.2) is 14.6 Å². The van der Waals surface area contributed by atoms with Gasteiger partial charge < -0.3 is 19.6 Å². The summed E-state index contributed by atoms with van der Waals surface area (Å²) in [7, 11) is 0. The monoisotopic (exact) mass is 486 g/mol. The summed E-state index contributed by atoms with van der Waals surface area (Å²) in [6.45, 7) is 3.87. The SMILES string of the molecule is CC(C)[C@H](NC(=O)OCc1ccccc1)c1nc(C(=O)O)c(Cc2cccc(Br)c2)o1. The molecule has 2 aromatic carbocycles. The molecule has 1 atom stereocenters. The first-order valence-electron chi connectivity index (χ1n) is 9.78. The van der Waals surface area contributed by atoms with Crippen molar-refractivity contribution in [1.82, 2.24) is 10.3 Å². The van der Waals surface area contributed by atoms with E-state index < -0.39 is 18.1 Å². The Kier molecular flexibility index (Phi) is 7.46. The molecular formula is C23H23BrN2O5. The lowest BCUT2D eigenvalue weighted by Gasteiger charge is -2.19. The fraction of sp³-hybridized carbons (Fsp3) is 0.261. The molecule has 0 fully saturated rings. The molecule has 0 saturated carbocycles. The Bertz CT molecular complexity index is 1050. The van der Waals surface area contributed by atoms with Crippen LogP contribution in [0.3, 0.4) is 0 Å². The van der Waals surface area contributed by atoms with Gasteiger partial charge in [-0.05, 0) is 29.2 Å². The third-order valence-electron chi connectivity index (χ3n) is 4.59. The van der Waals surface area contributed by atoms with Crippen molar-refractivity contribution in [3.05, 3.63) is 87.5 Å². The van der Waals surface area contributed by atoms with Gasteiger partial charge in [0.05, 0.1) is 0 Å². The number of nitrogens with one attached hydrogen (secondary N) is 1. The fourth-order valence-electron chi connectivity index (χ4n) is 3.03.